The number of nitrogens with zero attached hydrogens (tertiary/aromatic N) is 3. The number of ether oxygens (including phenoxy) is 1. The molecular weight excluding hydrogens is 517 g/mol. The Hall–Kier alpha value is -0.950. The van der Waals surface area contributed by atoms with Crippen LogP contribution in [0.25, 0.3) is 0 Å². The molecular formula is C20H34IN5O3S. The van der Waals surface area contributed by atoms with Crippen LogP contribution >= 0.6 is 24.0 Å². The maximum atomic E-state index is 11.5. The van der Waals surface area contributed by atoms with Crippen LogP contribution in [0.4, 0.5) is 0 Å². The molecule has 30 heavy (non-hydrogen) atoms. The van der Waals surface area contributed by atoms with Crippen molar-refractivity contribution < 1.29 is 13.2 Å². The second-order valence-electron chi connectivity index (χ2n) is 7.50. The normalized spacial score (nSPS) is 20.4. The number of benzene rings is 1. The maximum absolute atomic E-state index is 11.5. The number of nitrogens with one attached hydrogen (secondary N) is 2. The molecule has 0 aromatic heterocycles. The number of sulfone groups is 1. The lowest BCUT2D eigenvalue weighted by Crippen LogP contribution is -2.45. The average Bonchev–Trinajstić information content (AvgIpc) is 2.73. The molecule has 170 valence electrons. The lowest BCUT2D eigenvalue weighted by molar-refractivity contribution is 0.0341. The van der Waals surface area contributed by atoms with Crippen LogP contribution in [0.1, 0.15) is 11.1 Å². The summed E-state index contributed by atoms with van der Waals surface area (Å²) >= 11 is 0. The monoisotopic (exact) mass is 551 g/mol. The van der Waals surface area contributed by atoms with E-state index in [-0.39, 0.29) is 35.5 Å². The number of rotatable bonds is 7. The fourth-order valence-corrected chi connectivity index (χ4v) is 4.87. The highest BCUT2D eigenvalue weighted by Crippen LogP contribution is 2.13. The third-order valence-corrected chi connectivity index (χ3v) is 7.05. The molecule has 0 aliphatic carbocycles. The zero-order valence-electron chi connectivity index (χ0n) is 17.7. The molecule has 2 aliphatic heterocycles. The van der Waals surface area contributed by atoms with Crippen LogP contribution < -0.4 is 10.6 Å². The molecule has 1 aromatic rings. The quantitative estimate of drug-likeness (QED) is 0.291. The molecule has 2 aliphatic rings. The summed E-state index contributed by atoms with van der Waals surface area (Å²) in [5, 5.41) is 6.72. The van der Waals surface area contributed by atoms with Gasteiger partial charge in [0.05, 0.1) is 24.7 Å². The van der Waals surface area contributed by atoms with Crippen molar-refractivity contribution in [3.05, 3.63) is 35.4 Å². The van der Waals surface area contributed by atoms with Crippen molar-refractivity contribution in [2.24, 2.45) is 4.99 Å². The summed E-state index contributed by atoms with van der Waals surface area (Å²) in [6.45, 7) is 7.98. The van der Waals surface area contributed by atoms with Gasteiger partial charge in [0.25, 0.3) is 0 Å². The molecule has 2 fully saturated rings. The van der Waals surface area contributed by atoms with E-state index in [9.17, 15) is 8.42 Å². The standard InChI is InChI=1S/C20H33N5O3S.HI/c1-21-20(22-6-7-24-10-14-29(26,27)15-11-24)23-16-18-4-2-3-5-19(18)17-25-8-12-28-13-9-25;/h2-5H,6-17H2,1H3,(H2,21,22,23);1H. The van der Waals surface area contributed by atoms with Crippen LogP contribution in [0.3, 0.4) is 0 Å². The minimum Gasteiger partial charge on any atom is -0.379 e. The summed E-state index contributed by atoms with van der Waals surface area (Å²) in [7, 11) is -1.06. The lowest BCUT2D eigenvalue weighted by Gasteiger charge is -2.27. The summed E-state index contributed by atoms with van der Waals surface area (Å²) in [6, 6.07) is 8.50. The van der Waals surface area contributed by atoms with Gasteiger partial charge in [-0.3, -0.25) is 14.8 Å². The van der Waals surface area contributed by atoms with Gasteiger partial charge in [0.2, 0.25) is 0 Å². The lowest BCUT2D eigenvalue weighted by atomic mass is 10.1. The summed E-state index contributed by atoms with van der Waals surface area (Å²) in [6.07, 6.45) is 0. The van der Waals surface area contributed by atoms with E-state index >= 15 is 0 Å². The molecule has 0 spiro atoms. The average molecular weight is 551 g/mol. The molecule has 0 bridgehead atoms. The van der Waals surface area contributed by atoms with Crippen molar-refractivity contribution in [3.63, 3.8) is 0 Å². The van der Waals surface area contributed by atoms with E-state index in [1.807, 2.05) is 0 Å². The first-order valence-electron chi connectivity index (χ1n) is 10.3. The highest BCUT2D eigenvalue weighted by molar-refractivity contribution is 14.0. The molecule has 0 atom stereocenters. The van der Waals surface area contributed by atoms with Crippen molar-refractivity contribution >= 4 is 39.8 Å². The first-order chi connectivity index (χ1) is 14.1. The van der Waals surface area contributed by atoms with Gasteiger partial charge in [0.1, 0.15) is 0 Å². The number of hydrogen-bond donors (Lipinski definition) is 2. The highest BCUT2D eigenvalue weighted by Gasteiger charge is 2.21. The van der Waals surface area contributed by atoms with Gasteiger partial charge in [-0.15, -0.1) is 24.0 Å². The zero-order chi connectivity index (χ0) is 20.5. The molecule has 8 nitrogen and oxygen atoms in total. The van der Waals surface area contributed by atoms with Crippen molar-refractivity contribution in [2.75, 3.05) is 71.0 Å². The Morgan fingerprint density at radius 2 is 1.70 bits per heavy atom. The Morgan fingerprint density at radius 1 is 1.03 bits per heavy atom. The number of morpholine rings is 1. The van der Waals surface area contributed by atoms with Crippen LogP contribution in [0.2, 0.25) is 0 Å². The highest BCUT2D eigenvalue weighted by atomic mass is 127. The number of aliphatic imine (C=N–C) groups is 1. The van der Waals surface area contributed by atoms with Gasteiger partial charge in [-0.25, -0.2) is 8.42 Å². The molecule has 10 heteroatoms. The Bertz CT molecular complexity index is 770. The van der Waals surface area contributed by atoms with E-state index in [1.54, 1.807) is 7.05 Å². The first-order valence-corrected chi connectivity index (χ1v) is 12.1. The molecule has 0 unspecified atom stereocenters. The fraction of sp³-hybridized carbons (Fsp3) is 0.650. The van der Waals surface area contributed by atoms with Gasteiger partial charge in [-0.05, 0) is 11.1 Å². The maximum Gasteiger partial charge on any atom is 0.191 e. The second-order valence-corrected chi connectivity index (χ2v) is 9.81. The van der Waals surface area contributed by atoms with Crippen LogP contribution in [0, 0.1) is 0 Å². The van der Waals surface area contributed by atoms with Crippen molar-refractivity contribution in [3.8, 4) is 0 Å². The smallest absolute Gasteiger partial charge is 0.191 e. The minimum atomic E-state index is -2.82. The summed E-state index contributed by atoms with van der Waals surface area (Å²) in [5.41, 5.74) is 2.59. The zero-order valence-corrected chi connectivity index (χ0v) is 20.8. The number of halogens is 1. The topological polar surface area (TPSA) is 86.3 Å². The molecule has 2 saturated heterocycles. The predicted octanol–water partition coefficient (Wildman–Crippen LogP) is 0.532. The summed E-state index contributed by atoms with van der Waals surface area (Å²) in [5.74, 6) is 1.29. The van der Waals surface area contributed by atoms with Crippen molar-refractivity contribution in [2.45, 2.75) is 13.1 Å². The van der Waals surface area contributed by atoms with Crippen LogP contribution in [-0.4, -0.2) is 95.2 Å². The van der Waals surface area contributed by atoms with Crippen LogP contribution in [-0.2, 0) is 27.7 Å². The van der Waals surface area contributed by atoms with E-state index in [0.29, 0.717) is 19.6 Å². The van der Waals surface area contributed by atoms with Crippen molar-refractivity contribution in [1.29, 1.82) is 0 Å². The van der Waals surface area contributed by atoms with Gasteiger partial charge in [-0.1, -0.05) is 24.3 Å². The first kappa shape index (κ1) is 25.3. The molecule has 1 aromatic carbocycles. The van der Waals surface area contributed by atoms with E-state index in [4.69, 9.17) is 4.74 Å². The SMILES string of the molecule is CN=C(NCCN1CCS(=O)(=O)CC1)NCc1ccccc1CN1CCOCC1.I. The van der Waals surface area contributed by atoms with Crippen LogP contribution in [0.5, 0.6) is 0 Å². The number of hydrogen-bond acceptors (Lipinski definition) is 6. The third kappa shape index (κ3) is 8.29. The molecule has 2 N–H and O–H groups in total. The Balaban J connectivity index is 0.00000320. The van der Waals surface area contributed by atoms with E-state index in [2.05, 4.69) is 49.7 Å². The fourth-order valence-electron chi connectivity index (χ4n) is 3.59. The largest absolute Gasteiger partial charge is 0.379 e. The molecule has 3 rings (SSSR count). The van der Waals surface area contributed by atoms with Crippen molar-refractivity contribution in [1.82, 2.24) is 20.4 Å². The van der Waals surface area contributed by atoms with Gasteiger partial charge in [0.15, 0.2) is 15.8 Å². The molecule has 2 heterocycles. The van der Waals surface area contributed by atoms with Gasteiger partial charge in [0, 0.05) is 59.4 Å². The third-order valence-electron chi connectivity index (χ3n) is 5.44. The predicted molar refractivity (Wildman–Crippen MR) is 131 cm³/mol. The summed E-state index contributed by atoms with van der Waals surface area (Å²) in [4.78, 5) is 8.91. The van der Waals surface area contributed by atoms with Gasteiger partial charge < -0.3 is 15.4 Å². The molecule has 0 saturated carbocycles. The Morgan fingerprint density at radius 3 is 2.37 bits per heavy atom. The molecule has 0 amide bonds. The molecule has 0 radical (unpaired) electrons. The summed E-state index contributed by atoms with van der Waals surface area (Å²) < 4.78 is 28.5. The van der Waals surface area contributed by atoms with E-state index < -0.39 is 9.84 Å². The minimum absolute atomic E-state index is 0. The second kappa shape index (κ2) is 12.8. The Kier molecular flexibility index (Phi) is 10.8. The van der Waals surface area contributed by atoms with Crippen LogP contribution in [0.15, 0.2) is 29.3 Å². The Labute approximate surface area is 197 Å². The number of guanidine groups is 1. The van der Waals surface area contributed by atoms with Gasteiger partial charge in [-0.2, -0.15) is 0 Å². The van der Waals surface area contributed by atoms with E-state index in [1.165, 1.54) is 11.1 Å². The van der Waals surface area contributed by atoms with Gasteiger partial charge >= 0.3 is 0 Å². The van der Waals surface area contributed by atoms with E-state index in [0.717, 1.165) is 51.9 Å².